The fourth-order valence-electron chi connectivity index (χ4n) is 1.43. The molecule has 3 N–H and O–H groups in total. The summed E-state index contributed by atoms with van der Waals surface area (Å²) in [5, 5.41) is 0. The monoisotopic (exact) mass is 402 g/mol. The van der Waals surface area contributed by atoms with Crippen molar-refractivity contribution in [2.75, 3.05) is 12.5 Å². The van der Waals surface area contributed by atoms with Crippen molar-refractivity contribution in [3.8, 4) is 11.5 Å². The van der Waals surface area contributed by atoms with Crippen LogP contribution in [0.3, 0.4) is 0 Å². The molecule has 0 aliphatic carbocycles. The summed E-state index contributed by atoms with van der Waals surface area (Å²) in [5.41, 5.74) is 3.11. The molecule has 106 valence electrons. The molecule has 0 unspecified atom stereocenters. The Hall–Kier alpha value is -1.38. The maximum absolute atomic E-state index is 5.69. The van der Waals surface area contributed by atoms with Gasteiger partial charge in [-0.15, -0.1) is 0 Å². The van der Waals surface area contributed by atoms with Gasteiger partial charge < -0.3 is 14.9 Å². The summed E-state index contributed by atoms with van der Waals surface area (Å²) in [6.45, 7) is 0.301. The van der Waals surface area contributed by atoms with Crippen LogP contribution < -0.4 is 20.7 Å². The number of nitrogen functional groups attached to an aromatic ring is 1. The van der Waals surface area contributed by atoms with E-state index < -0.39 is 0 Å². The number of benzene rings is 1. The van der Waals surface area contributed by atoms with E-state index in [-0.39, 0.29) is 0 Å². The van der Waals surface area contributed by atoms with E-state index in [1.807, 2.05) is 12.1 Å². The number of anilines is 1. The van der Waals surface area contributed by atoms with Crippen LogP contribution in [0.2, 0.25) is 0 Å². The van der Waals surface area contributed by atoms with E-state index in [0.29, 0.717) is 23.9 Å². The molecular formula is C12H12Br2N4O2. The van der Waals surface area contributed by atoms with Crippen LogP contribution in [0.1, 0.15) is 5.69 Å². The first-order chi connectivity index (χ1) is 9.63. The van der Waals surface area contributed by atoms with Crippen molar-refractivity contribution < 1.29 is 9.47 Å². The lowest BCUT2D eigenvalue weighted by molar-refractivity contribution is 0.298. The Labute approximate surface area is 132 Å². The Morgan fingerprint density at radius 2 is 1.85 bits per heavy atom. The van der Waals surface area contributed by atoms with Crippen molar-refractivity contribution >= 4 is 37.7 Å². The lowest BCUT2D eigenvalue weighted by Crippen LogP contribution is -2.09. The summed E-state index contributed by atoms with van der Waals surface area (Å²) in [7, 11) is 1.61. The highest BCUT2D eigenvalue weighted by molar-refractivity contribution is 9.11. The quantitative estimate of drug-likeness (QED) is 0.590. The second kappa shape index (κ2) is 6.87. The van der Waals surface area contributed by atoms with E-state index in [9.17, 15) is 0 Å². The first-order valence-electron chi connectivity index (χ1n) is 5.57. The summed E-state index contributed by atoms with van der Waals surface area (Å²) in [5.74, 6) is 7.13. The Morgan fingerprint density at radius 1 is 1.15 bits per heavy atom. The number of nitrogens with two attached hydrogens (primary N) is 1. The standard InChI is InChI=1S/C12H12Br2N4O2/c1-19-10-2-9(14)11(3-8(10)13)20-6-7-4-17-12(18-15)5-16-7/h2-5H,6,15H2,1H3,(H,17,18). The maximum Gasteiger partial charge on any atom is 0.158 e. The molecule has 0 fully saturated rings. The van der Waals surface area contributed by atoms with E-state index in [1.54, 1.807) is 13.3 Å². The van der Waals surface area contributed by atoms with E-state index in [0.717, 1.165) is 14.7 Å². The van der Waals surface area contributed by atoms with Gasteiger partial charge in [-0.3, -0.25) is 4.98 Å². The van der Waals surface area contributed by atoms with Crippen molar-refractivity contribution in [2.24, 2.45) is 5.84 Å². The van der Waals surface area contributed by atoms with Crippen LogP contribution in [0, 0.1) is 0 Å². The summed E-state index contributed by atoms with van der Waals surface area (Å²) in [4.78, 5) is 8.23. The minimum absolute atomic E-state index is 0.301. The van der Waals surface area contributed by atoms with Gasteiger partial charge in [0.05, 0.1) is 34.1 Å². The molecule has 1 aromatic heterocycles. The van der Waals surface area contributed by atoms with Gasteiger partial charge in [-0.1, -0.05) is 0 Å². The Morgan fingerprint density at radius 3 is 2.45 bits per heavy atom. The molecule has 2 aromatic rings. The van der Waals surface area contributed by atoms with Gasteiger partial charge in [-0.25, -0.2) is 10.8 Å². The number of nitrogens with zero attached hydrogens (tertiary/aromatic N) is 2. The molecule has 0 aliphatic rings. The normalized spacial score (nSPS) is 10.2. The van der Waals surface area contributed by atoms with Crippen LogP contribution in [0.4, 0.5) is 5.82 Å². The molecule has 0 aliphatic heterocycles. The lowest BCUT2D eigenvalue weighted by atomic mass is 10.3. The third kappa shape index (κ3) is 3.59. The molecule has 0 amide bonds. The van der Waals surface area contributed by atoms with Crippen LogP contribution in [-0.2, 0) is 6.61 Å². The molecule has 0 saturated carbocycles. The molecular weight excluding hydrogens is 392 g/mol. The average molecular weight is 404 g/mol. The fraction of sp³-hybridized carbons (Fsp3) is 0.167. The summed E-state index contributed by atoms with van der Waals surface area (Å²) < 4.78 is 12.5. The van der Waals surface area contributed by atoms with E-state index in [1.165, 1.54) is 6.20 Å². The van der Waals surface area contributed by atoms with Crippen molar-refractivity contribution in [2.45, 2.75) is 6.61 Å². The minimum atomic E-state index is 0.301. The number of nitrogens with one attached hydrogen (secondary N) is 1. The molecule has 8 heteroatoms. The van der Waals surface area contributed by atoms with Gasteiger partial charge in [-0.05, 0) is 44.0 Å². The Bertz CT molecular complexity index is 593. The lowest BCUT2D eigenvalue weighted by Gasteiger charge is -2.11. The van der Waals surface area contributed by atoms with Crippen LogP contribution in [0.25, 0.3) is 0 Å². The van der Waals surface area contributed by atoms with Gasteiger partial charge in [-0.2, -0.15) is 0 Å². The van der Waals surface area contributed by atoms with Gasteiger partial charge in [0.2, 0.25) is 0 Å². The first-order valence-corrected chi connectivity index (χ1v) is 7.16. The molecule has 0 spiro atoms. The highest BCUT2D eigenvalue weighted by Gasteiger charge is 2.09. The molecule has 6 nitrogen and oxygen atoms in total. The van der Waals surface area contributed by atoms with Gasteiger partial charge in [0.1, 0.15) is 18.1 Å². The van der Waals surface area contributed by atoms with E-state index in [4.69, 9.17) is 15.3 Å². The van der Waals surface area contributed by atoms with Crippen molar-refractivity contribution in [1.29, 1.82) is 0 Å². The fourth-order valence-corrected chi connectivity index (χ4v) is 2.35. The molecule has 0 radical (unpaired) electrons. The van der Waals surface area contributed by atoms with E-state index in [2.05, 4.69) is 47.3 Å². The zero-order valence-corrected chi connectivity index (χ0v) is 13.7. The van der Waals surface area contributed by atoms with Gasteiger partial charge in [0.15, 0.2) is 5.82 Å². The highest BCUT2D eigenvalue weighted by atomic mass is 79.9. The predicted molar refractivity (Wildman–Crippen MR) is 82.6 cm³/mol. The van der Waals surface area contributed by atoms with E-state index >= 15 is 0 Å². The van der Waals surface area contributed by atoms with Crippen LogP contribution in [0.5, 0.6) is 11.5 Å². The number of hydrogen-bond donors (Lipinski definition) is 2. The molecule has 1 aromatic carbocycles. The van der Waals surface area contributed by atoms with Gasteiger partial charge in [0.25, 0.3) is 0 Å². The SMILES string of the molecule is COc1cc(Br)c(OCc2cnc(NN)cn2)cc1Br. The molecule has 0 saturated heterocycles. The zero-order valence-electron chi connectivity index (χ0n) is 10.6. The summed E-state index contributed by atoms with van der Waals surface area (Å²) >= 11 is 6.84. The number of hydrogen-bond acceptors (Lipinski definition) is 6. The third-order valence-electron chi connectivity index (χ3n) is 2.44. The highest BCUT2D eigenvalue weighted by Crippen LogP contribution is 2.36. The Kier molecular flexibility index (Phi) is 5.16. The first kappa shape index (κ1) is 15.0. The predicted octanol–water partition coefficient (Wildman–Crippen LogP) is 2.87. The molecule has 20 heavy (non-hydrogen) atoms. The number of rotatable bonds is 5. The second-order valence-electron chi connectivity index (χ2n) is 3.74. The largest absolute Gasteiger partial charge is 0.496 e. The van der Waals surface area contributed by atoms with Crippen molar-refractivity contribution in [3.05, 3.63) is 39.2 Å². The van der Waals surface area contributed by atoms with Crippen LogP contribution in [-0.4, -0.2) is 17.1 Å². The number of halogens is 2. The molecule has 2 rings (SSSR count). The van der Waals surface area contributed by atoms with Gasteiger partial charge >= 0.3 is 0 Å². The summed E-state index contributed by atoms with van der Waals surface area (Å²) in [6.07, 6.45) is 3.14. The topological polar surface area (TPSA) is 82.3 Å². The summed E-state index contributed by atoms with van der Waals surface area (Å²) in [6, 6.07) is 3.65. The number of aromatic nitrogens is 2. The number of ether oxygens (including phenoxy) is 2. The molecule has 0 atom stereocenters. The van der Waals surface area contributed by atoms with Crippen LogP contribution >= 0.6 is 31.9 Å². The van der Waals surface area contributed by atoms with Gasteiger partial charge in [0, 0.05) is 0 Å². The molecule has 1 heterocycles. The maximum atomic E-state index is 5.69. The Balaban J connectivity index is 2.08. The average Bonchev–Trinajstić information content (AvgIpc) is 2.48. The number of methoxy groups -OCH3 is 1. The smallest absolute Gasteiger partial charge is 0.158 e. The number of hydrazine groups is 1. The van der Waals surface area contributed by atoms with Crippen molar-refractivity contribution in [1.82, 2.24) is 9.97 Å². The second-order valence-corrected chi connectivity index (χ2v) is 5.45. The molecule has 0 bridgehead atoms. The zero-order chi connectivity index (χ0) is 14.5. The third-order valence-corrected chi connectivity index (χ3v) is 3.67. The van der Waals surface area contributed by atoms with Crippen LogP contribution in [0.15, 0.2) is 33.5 Å². The van der Waals surface area contributed by atoms with Crippen molar-refractivity contribution in [3.63, 3.8) is 0 Å². The minimum Gasteiger partial charge on any atom is -0.496 e.